The van der Waals surface area contributed by atoms with E-state index in [9.17, 15) is 0 Å². The van der Waals surface area contributed by atoms with Crippen LogP contribution < -0.4 is 10.2 Å². The molecule has 0 N–H and O–H groups in total. The Labute approximate surface area is 88.7 Å². The molecule has 11 heavy (non-hydrogen) atoms. The Hall–Kier alpha value is 0.413. The smallest absolute Gasteiger partial charge is 0.759 e. The van der Waals surface area contributed by atoms with Crippen LogP contribution in [0.2, 0.25) is 0 Å². The van der Waals surface area contributed by atoms with E-state index in [1.807, 2.05) is 0 Å². The SMILES string of the molecule is O=C([O-])[O-].O=S(=O)([O-])[O-].[Co+2].[Mg+2]. The summed E-state index contributed by atoms with van der Waals surface area (Å²) in [5.74, 6) is 0. The largest absolute Gasteiger partial charge is 2.00 e. The van der Waals surface area contributed by atoms with Crippen LogP contribution in [0.1, 0.15) is 0 Å². The summed E-state index contributed by atoms with van der Waals surface area (Å²) in [6, 6.07) is 0. The van der Waals surface area contributed by atoms with Gasteiger partial charge >= 0.3 is 39.8 Å². The van der Waals surface area contributed by atoms with Gasteiger partial charge in [-0.2, -0.15) is 0 Å². The van der Waals surface area contributed by atoms with Crippen molar-refractivity contribution < 1.29 is 49.3 Å². The van der Waals surface area contributed by atoms with Gasteiger partial charge in [0.1, 0.15) is 0 Å². The predicted molar refractivity (Wildman–Crippen MR) is 21.6 cm³/mol. The van der Waals surface area contributed by atoms with Crippen molar-refractivity contribution in [3.63, 3.8) is 0 Å². The molecule has 0 rings (SSSR count). The van der Waals surface area contributed by atoms with Crippen LogP contribution in [0.3, 0.4) is 0 Å². The average Bonchev–Trinajstić information content (AvgIpc) is 1.19. The Kier molecular flexibility index (Phi) is 21.3. The second kappa shape index (κ2) is 10.4. The molecule has 0 aliphatic carbocycles. The molecule has 0 aliphatic heterocycles. The van der Waals surface area contributed by atoms with Crippen LogP contribution in [0, 0.1) is 0 Å². The maximum atomic E-state index is 8.52. The van der Waals surface area contributed by atoms with Crippen LogP contribution in [-0.4, -0.2) is 46.7 Å². The van der Waals surface area contributed by atoms with E-state index >= 15 is 0 Å². The monoisotopic (exact) mass is 239 g/mol. The molecule has 0 aromatic heterocycles. The Morgan fingerprint density at radius 3 is 1.09 bits per heavy atom. The third-order valence-electron chi connectivity index (χ3n) is 0. The molecule has 63 valence electrons. The normalized spacial score (nSPS) is 7.45. The van der Waals surface area contributed by atoms with Gasteiger partial charge in [0.15, 0.2) is 0 Å². The fraction of sp³-hybridized carbons (Fsp3) is 0. The molecule has 0 saturated heterocycles. The van der Waals surface area contributed by atoms with Gasteiger partial charge in [0.25, 0.3) is 0 Å². The zero-order valence-electron chi connectivity index (χ0n) is 4.81. The van der Waals surface area contributed by atoms with E-state index in [0.29, 0.717) is 0 Å². The maximum absolute atomic E-state index is 8.52. The first kappa shape index (κ1) is 22.5. The van der Waals surface area contributed by atoms with Crippen molar-refractivity contribution in [2.75, 3.05) is 0 Å². The number of carbonyl (C=O) groups is 1. The van der Waals surface area contributed by atoms with Crippen molar-refractivity contribution in [2.45, 2.75) is 0 Å². The van der Waals surface area contributed by atoms with Crippen molar-refractivity contribution in [3.8, 4) is 0 Å². The molecule has 0 amide bonds. The molecular weight excluding hydrogens is 239 g/mol. The summed E-state index contributed by atoms with van der Waals surface area (Å²) in [5.41, 5.74) is 0. The molecule has 1 radical (unpaired) electrons. The van der Waals surface area contributed by atoms with Crippen LogP contribution in [0.25, 0.3) is 0 Å². The van der Waals surface area contributed by atoms with Gasteiger partial charge in [0, 0.05) is 10.4 Å². The first-order valence-electron chi connectivity index (χ1n) is 1.28. The third kappa shape index (κ3) is 4330. The fourth-order valence-electron chi connectivity index (χ4n) is 0. The maximum Gasteiger partial charge on any atom is 2.00 e. The van der Waals surface area contributed by atoms with Crippen molar-refractivity contribution in [2.24, 2.45) is 0 Å². The van der Waals surface area contributed by atoms with E-state index < -0.39 is 16.6 Å². The second-order valence-electron chi connectivity index (χ2n) is 0.658. The zero-order valence-corrected chi connectivity index (χ0v) is 8.08. The fourth-order valence-corrected chi connectivity index (χ4v) is 0. The molecule has 0 heterocycles. The van der Waals surface area contributed by atoms with E-state index in [-0.39, 0.29) is 39.8 Å². The summed E-state index contributed by atoms with van der Waals surface area (Å²) in [6.45, 7) is 0. The van der Waals surface area contributed by atoms with Crippen LogP contribution in [-0.2, 0) is 27.2 Å². The number of rotatable bonds is 0. The number of carboxylic acid groups (broad SMARTS) is 2. The molecule has 0 aliphatic rings. The van der Waals surface area contributed by atoms with Gasteiger partial charge in [-0.05, 0) is 6.16 Å². The van der Waals surface area contributed by atoms with Gasteiger partial charge in [-0.15, -0.1) is 0 Å². The van der Waals surface area contributed by atoms with Gasteiger partial charge in [-0.3, -0.25) is 8.42 Å². The van der Waals surface area contributed by atoms with E-state index in [1.54, 1.807) is 0 Å². The quantitative estimate of drug-likeness (QED) is 0.237. The molecule has 0 bridgehead atoms. The minimum Gasteiger partial charge on any atom is -0.759 e. The summed E-state index contributed by atoms with van der Waals surface area (Å²) in [4.78, 5) is 8.33. The van der Waals surface area contributed by atoms with Crippen molar-refractivity contribution >= 4 is 39.6 Å². The summed E-state index contributed by atoms with van der Waals surface area (Å²) in [7, 11) is -5.17. The summed E-state index contributed by atoms with van der Waals surface area (Å²) in [6.07, 6.45) is -2.33. The molecular formula is CCoMgO7S. The van der Waals surface area contributed by atoms with E-state index in [2.05, 4.69) is 0 Å². The molecule has 0 spiro atoms. The topological polar surface area (TPSA) is 143 Å². The molecule has 0 fully saturated rings. The van der Waals surface area contributed by atoms with Crippen LogP contribution in [0.4, 0.5) is 4.79 Å². The number of carbonyl (C=O) groups excluding carboxylic acids is 1. The molecule has 7 nitrogen and oxygen atoms in total. The Balaban J connectivity index is -0.0000000383. The summed E-state index contributed by atoms with van der Waals surface area (Å²) in [5, 5.41) is 16.7. The van der Waals surface area contributed by atoms with E-state index in [4.69, 9.17) is 32.5 Å². The molecule has 0 unspecified atom stereocenters. The number of hydrogen-bond acceptors (Lipinski definition) is 7. The summed E-state index contributed by atoms with van der Waals surface area (Å²) >= 11 is 0. The molecule has 10 heteroatoms. The molecule has 0 aromatic rings. The number of hydrogen-bond donors (Lipinski definition) is 0. The van der Waals surface area contributed by atoms with Gasteiger partial charge in [-0.25, -0.2) is 0 Å². The Morgan fingerprint density at radius 1 is 1.09 bits per heavy atom. The van der Waals surface area contributed by atoms with Gasteiger partial charge in [0.05, 0.1) is 0 Å². The van der Waals surface area contributed by atoms with E-state index in [0.717, 1.165) is 0 Å². The van der Waals surface area contributed by atoms with Gasteiger partial charge in [-0.1, -0.05) is 0 Å². The second-order valence-corrected chi connectivity index (χ2v) is 1.47. The first-order valence-corrected chi connectivity index (χ1v) is 2.61. The summed E-state index contributed by atoms with van der Waals surface area (Å²) < 4.78 is 34.1. The van der Waals surface area contributed by atoms with Crippen molar-refractivity contribution in [3.05, 3.63) is 0 Å². The van der Waals surface area contributed by atoms with Crippen LogP contribution >= 0.6 is 0 Å². The van der Waals surface area contributed by atoms with E-state index in [1.165, 1.54) is 0 Å². The van der Waals surface area contributed by atoms with Crippen molar-refractivity contribution in [1.82, 2.24) is 0 Å². The third-order valence-corrected chi connectivity index (χ3v) is 0. The standard InChI is InChI=1S/CH2O3.Co.Mg.H2O4S/c2-1(3)4;;;1-5(2,3)4/h(H2,2,3,4);;;(H2,1,2,3,4)/q;2*+2;/p-4. The molecule has 0 aromatic carbocycles. The van der Waals surface area contributed by atoms with Crippen molar-refractivity contribution in [1.29, 1.82) is 0 Å². The van der Waals surface area contributed by atoms with Crippen LogP contribution in [0.15, 0.2) is 0 Å². The minimum absolute atomic E-state index is 0. The van der Waals surface area contributed by atoms with Crippen LogP contribution in [0.5, 0.6) is 0 Å². The average molecular weight is 239 g/mol. The minimum atomic E-state index is -5.17. The van der Waals surface area contributed by atoms with Gasteiger partial charge in [0.2, 0.25) is 0 Å². The molecule has 0 saturated carbocycles. The van der Waals surface area contributed by atoms with Gasteiger partial charge < -0.3 is 24.1 Å². The zero-order chi connectivity index (χ0) is 8.08. The Bertz CT molecular complexity index is 161. The first-order chi connectivity index (χ1) is 3.73. The Morgan fingerprint density at radius 2 is 1.09 bits per heavy atom. The predicted octanol–water partition coefficient (Wildman–Crippen LogP) is -4.17. The molecule has 0 atom stereocenters.